The van der Waals surface area contributed by atoms with Crippen molar-refractivity contribution in [1.29, 1.82) is 5.26 Å². The summed E-state index contributed by atoms with van der Waals surface area (Å²) in [5.41, 5.74) is 3.30. The molecule has 5 nitrogen and oxygen atoms in total. The van der Waals surface area contributed by atoms with Crippen molar-refractivity contribution in [3.63, 3.8) is 0 Å². The Kier molecular flexibility index (Phi) is 6.49. The molecule has 3 rings (SSSR count). The van der Waals surface area contributed by atoms with Crippen LogP contribution in [0.2, 0.25) is 0 Å². The van der Waals surface area contributed by atoms with E-state index in [0.29, 0.717) is 17.1 Å². The molecule has 0 saturated carbocycles. The number of benzene rings is 2. The lowest BCUT2D eigenvalue weighted by Gasteiger charge is -2.22. The zero-order valence-corrected chi connectivity index (χ0v) is 16.4. The highest BCUT2D eigenvalue weighted by Crippen LogP contribution is 2.24. The Balaban J connectivity index is 1.63. The van der Waals surface area contributed by atoms with Gasteiger partial charge < -0.3 is 15.5 Å². The summed E-state index contributed by atoms with van der Waals surface area (Å²) in [5.74, 6) is 0.245. The Morgan fingerprint density at radius 1 is 1.25 bits per heavy atom. The third-order valence-corrected chi connectivity index (χ3v) is 5.04. The van der Waals surface area contributed by atoms with E-state index in [-0.39, 0.29) is 18.4 Å². The van der Waals surface area contributed by atoms with E-state index in [2.05, 4.69) is 51.7 Å². The van der Waals surface area contributed by atoms with Crippen LogP contribution in [0.15, 0.2) is 47.5 Å². The number of anilines is 1. The van der Waals surface area contributed by atoms with E-state index in [0.717, 1.165) is 13.1 Å². The quantitative estimate of drug-likeness (QED) is 0.614. The van der Waals surface area contributed by atoms with Gasteiger partial charge in [-0.25, -0.2) is 4.39 Å². The molecule has 2 aromatic rings. The second-order valence-corrected chi connectivity index (χ2v) is 7.00. The summed E-state index contributed by atoms with van der Waals surface area (Å²) in [7, 11) is 1.69. The van der Waals surface area contributed by atoms with Crippen LogP contribution in [-0.4, -0.2) is 26.1 Å². The Labute approximate surface area is 165 Å². The Morgan fingerprint density at radius 2 is 2.04 bits per heavy atom. The molecule has 0 bridgehead atoms. The minimum absolute atomic E-state index is 0.0454. The Hall–Kier alpha value is -3.07. The number of rotatable bonds is 5. The van der Waals surface area contributed by atoms with Crippen LogP contribution in [0.4, 0.5) is 10.1 Å². The van der Waals surface area contributed by atoms with E-state index < -0.39 is 0 Å². The third-order valence-electron chi connectivity index (χ3n) is 5.04. The number of hydrogen-bond donors (Lipinski definition) is 2. The normalized spacial score (nSPS) is 15.2. The van der Waals surface area contributed by atoms with Crippen LogP contribution >= 0.6 is 0 Å². The van der Waals surface area contributed by atoms with Gasteiger partial charge >= 0.3 is 0 Å². The van der Waals surface area contributed by atoms with Crippen molar-refractivity contribution >= 4 is 11.6 Å². The Morgan fingerprint density at radius 3 is 2.75 bits per heavy atom. The van der Waals surface area contributed by atoms with Crippen LogP contribution in [0, 0.1) is 17.1 Å². The number of aliphatic imine (C=N–C) groups is 1. The molecule has 0 spiro atoms. The zero-order chi connectivity index (χ0) is 19.9. The molecular weight excluding hydrogens is 353 g/mol. The first kappa shape index (κ1) is 19.7. The van der Waals surface area contributed by atoms with Gasteiger partial charge in [0.1, 0.15) is 5.82 Å². The molecule has 1 aliphatic rings. The van der Waals surface area contributed by atoms with Crippen LogP contribution in [0.1, 0.15) is 42.5 Å². The summed E-state index contributed by atoms with van der Waals surface area (Å²) >= 11 is 0. The van der Waals surface area contributed by atoms with E-state index in [4.69, 9.17) is 5.26 Å². The van der Waals surface area contributed by atoms with Gasteiger partial charge in [-0.05, 0) is 55.7 Å². The third kappa shape index (κ3) is 4.80. The van der Waals surface area contributed by atoms with Crippen LogP contribution in [-0.2, 0) is 6.54 Å². The summed E-state index contributed by atoms with van der Waals surface area (Å²) in [6.45, 7) is 4.55. The summed E-state index contributed by atoms with van der Waals surface area (Å²) in [4.78, 5) is 6.65. The van der Waals surface area contributed by atoms with Crippen LogP contribution < -0.4 is 15.5 Å². The molecule has 6 heteroatoms. The van der Waals surface area contributed by atoms with Gasteiger partial charge in [-0.2, -0.15) is 5.26 Å². The van der Waals surface area contributed by atoms with Gasteiger partial charge in [-0.1, -0.05) is 12.1 Å². The first-order valence-corrected chi connectivity index (χ1v) is 9.61. The molecule has 2 N–H and O–H groups in total. The van der Waals surface area contributed by atoms with Crippen molar-refractivity contribution in [3.8, 4) is 6.07 Å². The van der Waals surface area contributed by atoms with Crippen molar-refractivity contribution in [2.24, 2.45) is 4.99 Å². The lowest BCUT2D eigenvalue weighted by molar-refractivity contribution is 0.602. The van der Waals surface area contributed by atoms with Crippen molar-refractivity contribution in [2.75, 3.05) is 25.0 Å². The highest BCUT2D eigenvalue weighted by atomic mass is 19.1. The SMILES string of the molecule is CN=C(NCc1cc(C#N)ccc1F)NC(C)c1cccc(N2CCCC2)c1. The molecule has 1 fully saturated rings. The first-order chi connectivity index (χ1) is 13.6. The fourth-order valence-corrected chi connectivity index (χ4v) is 3.41. The van der Waals surface area contributed by atoms with Gasteiger partial charge in [0, 0.05) is 37.9 Å². The van der Waals surface area contributed by atoms with E-state index in [1.54, 1.807) is 13.1 Å². The number of hydrogen-bond acceptors (Lipinski definition) is 3. The number of nitriles is 1. The second-order valence-electron chi connectivity index (χ2n) is 7.00. The summed E-state index contributed by atoms with van der Waals surface area (Å²) in [6.07, 6.45) is 2.50. The second kappa shape index (κ2) is 9.23. The van der Waals surface area contributed by atoms with Crippen molar-refractivity contribution < 1.29 is 4.39 Å². The molecule has 28 heavy (non-hydrogen) atoms. The Bertz CT molecular complexity index is 881. The number of halogens is 1. The maximum Gasteiger partial charge on any atom is 0.191 e. The molecule has 0 aromatic heterocycles. The topological polar surface area (TPSA) is 63.5 Å². The summed E-state index contributed by atoms with van der Waals surface area (Å²) < 4.78 is 14.0. The summed E-state index contributed by atoms with van der Waals surface area (Å²) in [6, 6.07) is 15.0. The molecule has 146 valence electrons. The van der Waals surface area contributed by atoms with E-state index >= 15 is 0 Å². The first-order valence-electron chi connectivity index (χ1n) is 9.61. The minimum Gasteiger partial charge on any atom is -0.372 e. The molecule has 0 amide bonds. The van der Waals surface area contributed by atoms with Crippen LogP contribution in [0.25, 0.3) is 0 Å². The fourth-order valence-electron chi connectivity index (χ4n) is 3.41. The average Bonchev–Trinajstić information content (AvgIpc) is 3.27. The maximum absolute atomic E-state index is 14.0. The smallest absolute Gasteiger partial charge is 0.191 e. The predicted molar refractivity (Wildman–Crippen MR) is 111 cm³/mol. The monoisotopic (exact) mass is 379 g/mol. The molecule has 0 aliphatic carbocycles. The molecule has 1 unspecified atom stereocenters. The molecule has 1 heterocycles. The largest absolute Gasteiger partial charge is 0.372 e. The number of nitrogens with zero attached hydrogens (tertiary/aromatic N) is 3. The van der Waals surface area contributed by atoms with Gasteiger partial charge in [0.25, 0.3) is 0 Å². The molecule has 0 radical (unpaired) electrons. The van der Waals surface area contributed by atoms with Gasteiger partial charge in [0.2, 0.25) is 0 Å². The lowest BCUT2D eigenvalue weighted by atomic mass is 10.1. The van der Waals surface area contributed by atoms with E-state index in [1.807, 2.05) is 6.07 Å². The average molecular weight is 379 g/mol. The summed E-state index contributed by atoms with van der Waals surface area (Å²) in [5, 5.41) is 15.5. The van der Waals surface area contributed by atoms with Crippen LogP contribution in [0.3, 0.4) is 0 Å². The maximum atomic E-state index is 14.0. The number of guanidine groups is 1. The zero-order valence-electron chi connectivity index (χ0n) is 16.4. The number of nitrogens with one attached hydrogen (secondary N) is 2. The predicted octanol–water partition coefficient (Wildman–Crippen LogP) is 3.72. The van der Waals surface area contributed by atoms with Gasteiger partial charge in [-0.15, -0.1) is 0 Å². The molecule has 1 saturated heterocycles. The van der Waals surface area contributed by atoms with Crippen LogP contribution in [0.5, 0.6) is 0 Å². The van der Waals surface area contributed by atoms with Gasteiger partial charge in [-0.3, -0.25) is 4.99 Å². The van der Waals surface area contributed by atoms with Crippen molar-refractivity contribution in [2.45, 2.75) is 32.4 Å². The van der Waals surface area contributed by atoms with E-state index in [9.17, 15) is 4.39 Å². The highest BCUT2D eigenvalue weighted by Gasteiger charge is 2.14. The molecule has 1 aliphatic heterocycles. The lowest BCUT2D eigenvalue weighted by Crippen LogP contribution is -2.38. The van der Waals surface area contributed by atoms with Crippen molar-refractivity contribution in [3.05, 3.63) is 65.0 Å². The van der Waals surface area contributed by atoms with E-state index in [1.165, 1.54) is 36.2 Å². The standard InChI is InChI=1S/C22H26FN5/c1-16(18-6-5-7-20(13-18)28-10-3-4-11-28)27-22(25-2)26-15-19-12-17(14-24)8-9-21(19)23/h5-9,12-13,16H,3-4,10-11,15H2,1-2H3,(H2,25,26,27). The molecule has 2 aromatic carbocycles. The van der Waals surface area contributed by atoms with Gasteiger partial charge in [0.05, 0.1) is 17.7 Å². The van der Waals surface area contributed by atoms with Crippen molar-refractivity contribution in [1.82, 2.24) is 10.6 Å². The fraction of sp³-hybridized carbons (Fsp3) is 0.364. The van der Waals surface area contributed by atoms with Gasteiger partial charge in [0.15, 0.2) is 5.96 Å². The minimum atomic E-state index is -0.340. The highest BCUT2D eigenvalue weighted by molar-refractivity contribution is 5.80. The molecule has 1 atom stereocenters. The molecular formula is C22H26FN5.